The Balaban J connectivity index is 0.000000188. The number of carbonyl (C=O) groups is 2. The third kappa shape index (κ3) is 10.2. The Labute approximate surface area is 342 Å². The summed E-state index contributed by atoms with van der Waals surface area (Å²) in [5.74, 6) is 5.85. The highest BCUT2D eigenvalue weighted by Crippen LogP contribution is 2.28. The van der Waals surface area contributed by atoms with Crippen LogP contribution in [0.2, 0.25) is 10.0 Å². The van der Waals surface area contributed by atoms with Crippen molar-refractivity contribution in [3.8, 4) is 11.8 Å². The summed E-state index contributed by atoms with van der Waals surface area (Å²) in [4.78, 5) is 53.1. The smallest absolute Gasteiger partial charge is 0.276 e. The van der Waals surface area contributed by atoms with Gasteiger partial charge in [-0.05, 0) is 83.6 Å². The predicted molar refractivity (Wildman–Crippen MR) is 222 cm³/mol. The van der Waals surface area contributed by atoms with Gasteiger partial charge in [0.05, 0.1) is 41.8 Å². The number of fused-ring (bicyclic) bond motifs is 2. The summed E-state index contributed by atoms with van der Waals surface area (Å²) < 4.78 is 5.45. The van der Waals surface area contributed by atoms with Gasteiger partial charge in [-0.15, -0.1) is 0 Å². The van der Waals surface area contributed by atoms with Crippen molar-refractivity contribution in [1.29, 1.82) is 0 Å². The molecule has 6 aromatic rings. The van der Waals surface area contributed by atoms with E-state index in [0.29, 0.717) is 63.1 Å². The minimum Gasteiger partial charge on any atom is -0.392 e. The second-order valence-electron chi connectivity index (χ2n) is 14.0. The van der Waals surface area contributed by atoms with Crippen molar-refractivity contribution < 1.29 is 19.4 Å². The Bertz CT molecular complexity index is 2640. The second kappa shape index (κ2) is 18.6. The topological polar surface area (TPSA) is 182 Å². The molecule has 0 atom stereocenters. The predicted octanol–water partition coefficient (Wildman–Crippen LogP) is 5.10. The number of halogens is 2. The molecule has 1 aliphatic carbocycles. The lowest BCUT2D eigenvalue weighted by Crippen LogP contribution is -2.35. The summed E-state index contributed by atoms with van der Waals surface area (Å²) in [7, 11) is 0. The lowest BCUT2D eigenvalue weighted by Gasteiger charge is -2.26. The van der Waals surface area contributed by atoms with Crippen LogP contribution in [0, 0.1) is 17.8 Å². The maximum atomic E-state index is 13.3. The fourth-order valence-electron chi connectivity index (χ4n) is 6.22. The molecule has 2 aliphatic rings. The first kappa shape index (κ1) is 40.3. The molecule has 2 fully saturated rings. The van der Waals surface area contributed by atoms with Crippen molar-refractivity contribution in [3.05, 3.63) is 149 Å². The first-order valence-corrected chi connectivity index (χ1v) is 19.4. The van der Waals surface area contributed by atoms with Crippen molar-refractivity contribution in [2.75, 3.05) is 26.3 Å². The van der Waals surface area contributed by atoms with Crippen LogP contribution in [0.4, 0.5) is 0 Å². The number of aromatic amines is 2. The van der Waals surface area contributed by atoms with Crippen LogP contribution in [0.15, 0.2) is 88.5 Å². The third-order valence-corrected chi connectivity index (χ3v) is 10.1. The zero-order chi connectivity index (χ0) is 40.6. The molecule has 2 aromatic heterocycles. The number of benzene rings is 4. The zero-order valence-corrected chi connectivity index (χ0v) is 32.8. The highest BCUT2D eigenvalue weighted by atomic mass is 35.5. The van der Waals surface area contributed by atoms with Crippen LogP contribution in [-0.4, -0.2) is 68.5 Å². The number of aliphatic hydroxyl groups excluding tert-OH is 1. The van der Waals surface area contributed by atoms with Gasteiger partial charge in [-0.3, -0.25) is 34.3 Å². The lowest BCUT2D eigenvalue weighted by molar-refractivity contribution is 0.0342. The first-order chi connectivity index (χ1) is 28.1. The molecular formula is C43H39Cl2N7O6. The number of ether oxygens (including phenoxy) is 1. The number of nitrogens with one attached hydrogen (secondary N) is 4. The molecule has 5 N–H and O–H groups in total. The van der Waals surface area contributed by atoms with Crippen molar-refractivity contribution in [2.24, 2.45) is 5.92 Å². The van der Waals surface area contributed by atoms with Gasteiger partial charge in [-0.2, -0.15) is 10.2 Å². The van der Waals surface area contributed by atoms with E-state index in [1.54, 1.807) is 54.6 Å². The monoisotopic (exact) mass is 819 g/mol. The first-order valence-electron chi connectivity index (χ1n) is 18.7. The van der Waals surface area contributed by atoms with Gasteiger partial charge < -0.3 is 20.5 Å². The van der Waals surface area contributed by atoms with Gasteiger partial charge in [0.15, 0.2) is 11.4 Å². The quantitative estimate of drug-likeness (QED) is 0.124. The molecule has 1 saturated carbocycles. The molecule has 0 spiro atoms. The van der Waals surface area contributed by atoms with Gasteiger partial charge in [-0.25, -0.2) is 0 Å². The molecule has 1 saturated heterocycles. The summed E-state index contributed by atoms with van der Waals surface area (Å²) in [6.45, 7) is 4.11. The van der Waals surface area contributed by atoms with Crippen molar-refractivity contribution in [1.82, 2.24) is 35.9 Å². The van der Waals surface area contributed by atoms with Crippen LogP contribution in [0.25, 0.3) is 21.8 Å². The Morgan fingerprint density at radius 3 is 1.90 bits per heavy atom. The fourth-order valence-corrected chi connectivity index (χ4v) is 6.47. The van der Waals surface area contributed by atoms with E-state index in [-0.39, 0.29) is 31.1 Å². The van der Waals surface area contributed by atoms with Gasteiger partial charge in [0.1, 0.15) is 0 Å². The molecule has 58 heavy (non-hydrogen) atoms. The van der Waals surface area contributed by atoms with Crippen LogP contribution < -0.4 is 21.5 Å². The van der Waals surface area contributed by atoms with Crippen molar-refractivity contribution in [3.63, 3.8) is 0 Å². The molecule has 15 heteroatoms. The number of rotatable bonds is 9. The average Bonchev–Trinajstić information content (AvgIpc) is 4.08. The van der Waals surface area contributed by atoms with E-state index in [1.807, 2.05) is 24.3 Å². The van der Waals surface area contributed by atoms with Gasteiger partial charge in [0.2, 0.25) is 10.9 Å². The SMILES string of the molecule is O=C(NCc1ccc(Cl)cc1)c1n[nH]c2c(C#CC3CC3)cc(CN3CCOCC3)cc2c1=O.O=C(NCc1ccc(Cl)cc1)c1n[nH]c2ccc(CO)cc2c1=O. The fraction of sp³-hybridized carbons (Fsp3) is 0.256. The number of amides is 2. The molecule has 4 aromatic carbocycles. The van der Waals surface area contributed by atoms with Crippen molar-refractivity contribution in [2.45, 2.75) is 39.1 Å². The molecule has 8 rings (SSSR count). The number of morpholine rings is 1. The number of hydrogen-bond donors (Lipinski definition) is 5. The number of nitrogens with zero attached hydrogens (tertiary/aromatic N) is 3. The molecule has 13 nitrogen and oxygen atoms in total. The minimum atomic E-state index is -0.567. The van der Waals surface area contributed by atoms with E-state index < -0.39 is 22.7 Å². The van der Waals surface area contributed by atoms with E-state index >= 15 is 0 Å². The third-order valence-electron chi connectivity index (χ3n) is 9.61. The van der Waals surface area contributed by atoms with E-state index in [4.69, 9.17) is 27.9 Å². The number of aromatic nitrogens is 4. The normalized spacial score (nSPS) is 13.9. The molecule has 0 radical (unpaired) electrons. The van der Waals surface area contributed by atoms with Crippen LogP contribution >= 0.6 is 23.2 Å². The van der Waals surface area contributed by atoms with E-state index in [0.717, 1.165) is 48.2 Å². The Kier molecular flexibility index (Phi) is 12.9. The number of carbonyl (C=O) groups excluding carboxylic acids is 2. The van der Waals surface area contributed by atoms with E-state index in [1.165, 1.54) is 0 Å². The molecular weight excluding hydrogens is 781 g/mol. The Morgan fingerprint density at radius 2 is 1.31 bits per heavy atom. The highest BCUT2D eigenvalue weighted by molar-refractivity contribution is 6.30. The van der Waals surface area contributed by atoms with Crippen LogP contribution in [0.3, 0.4) is 0 Å². The molecule has 1 aliphatic heterocycles. The lowest BCUT2D eigenvalue weighted by atomic mass is 10.0. The van der Waals surface area contributed by atoms with E-state index in [9.17, 15) is 24.3 Å². The summed E-state index contributed by atoms with van der Waals surface area (Å²) in [5, 5.41) is 30.2. The minimum absolute atomic E-state index is 0.161. The Morgan fingerprint density at radius 1 is 0.759 bits per heavy atom. The van der Waals surface area contributed by atoms with Gasteiger partial charge in [0, 0.05) is 54.1 Å². The summed E-state index contributed by atoms with van der Waals surface area (Å²) in [6.07, 6.45) is 2.23. The zero-order valence-electron chi connectivity index (χ0n) is 31.2. The van der Waals surface area contributed by atoms with Crippen molar-refractivity contribution >= 4 is 56.8 Å². The van der Waals surface area contributed by atoms with Gasteiger partial charge in [-0.1, -0.05) is 65.4 Å². The number of H-pyrrole nitrogens is 2. The highest BCUT2D eigenvalue weighted by Gasteiger charge is 2.21. The maximum Gasteiger partial charge on any atom is 0.276 e. The summed E-state index contributed by atoms with van der Waals surface area (Å²) in [6, 6.07) is 22.9. The largest absolute Gasteiger partial charge is 0.392 e. The molecule has 0 bridgehead atoms. The van der Waals surface area contributed by atoms with Crippen LogP contribution in [-0.2, 0) is 31.0 Å². The summed E-state index contributed by atoms with van der Waals surface area (Å²) >= 11 is 11.7. The standard InChI is InChI=1S/C26H25ClN4O3.C17H14ClN3O3/c27-21-7-4-18(5-8-21)15-28-26(33)24-25(32)22-14-19(16-31-9-11-34-12-10-31)13-20(23(22)29-30-24)6-3-17-1-2-17;18-12-4-1-10(2-5-12)8-19-17(24)15-16(23)13-7-11(9-22)3-6-14(13)20-21-15/h4-5,7-8,13-14,17H,1-2,9-12,15-16H2,(H,28,33)(H,29,32);1-7,22H,8-9H2,(H,19,24)(H,20,23). The second-order valence-corrected chi connectivity index (χ2v) is 14.8. The maximum absolute atomic E-state index is 13.3. The number of aliphatic hydroxyl groups is 1. The molecule has 0 unspecified atom stereocenters. The van der Waals surface area contributed by atoms with Crippen LogP contribution in [0.1, 0.15) is 61.6 Å². The molecule has 2 amide bonds. The van der Waals surface area contributed by atoms with E-state index in [2.05, 4.69) is 47.8 Å². The number of hydrogen-bond acceptors (Lipinski definition) is 9. The molecule has 3 heterocycles. The average molecular weight is 821 g/mol. The summed E-state index contributed by atoms with van der Waals surface area (Å²) in [5.41, 5.74) is 3.86. The molecule has 296 valence electrons. The van der Waals surface area contributed by atoms with Gasteiger partial charge >= 0.3 is 0 Å². The van der Waals surface area contributed by atoms with Crippen LogP contribution in [0.5, 0.6) is 0 Å². The van der Waals surface area contributed by atoms with Gasteiger partial charge in [0.25, 0.3) is 11.8 Å². The Hall–Kier alpha value is -5.88.